The van der Waals surface area contributed by atoms with Crippen LogP contribution >= 0.6 is 0 Å². The summed E-state index contributed by atoms with van der Waals surface area (Å²) in [6.07, 6.45) is 0. The van der Waals surface area contributed by atoms with E-state index in [-0.39, 0.29) is 12.2 Å². The Kier molecular flexibility index (Phi) is 5.33. The van der Waals surface area contributed by atoms with Gasteiger partial charge in [0, 0.05) is 17.7 Å². The fraction of sp³-hybridized carbons (Fsp3) is 0.412. The van der Waals surface area contributed by atoms with Crippen molar-refractivity contribution in [1.29, 1.82) is 0 Å². The Morgan fingerprint density at radius 3 is 2.50 bits per heavy atom. The van der Waals surface area contributed by atoms with E-state index in [0.29, 0.717) is 30.3 Å². The molecule has 5 nitrogen and oxygen atoms in total. The average molecular weight is 302 g/mol. The lowest BCUT2D eigenvalue weighted by Crippen LogP contribution is -2.26. The minimum atomic E-state index is -0.288. The summed E-state index contributed by atoms with van der Waals surface area (Å²) in [6.45, 7) is 6.90. The summed E-state index contributed by atoms with van der Waals surface area (Å²) in [7, 11) is 0. The number of hydrogen-bond acceptors (Lipinski definition) is 4. The van der Waals surface area contributed by atoms with E-state index in [4.69, 9.17) is 4.74 Å². The molecule has 0 bridgehead atoms. The van der Waals surface area contributed by atoms with Gasteiger partial charge in [-0.1, -0.05) is 13.8 Å². The summed E-state index contributed by atoms with van der Waals surface area (Å²) < 4.78 is 7.02. The van der Waals surface area contributed by atoms with Crippen LogP contribution in [0, 0.1) is 5.92 Å². The summed E-state index contributed by atoms with van der Waals surface area (Å²) in [4.78, 5) is 11.9. The number of benzene rings is 1. The summed E-state index contributed by atoms with van der Waals surface area (Å²) >= 11 is 0. The van der Waals surface area contributed by atoms with E-state index in [9.17, 15) is 9.90 Å². The number of aromatic nitrogens is 2. The maximum Gasteiger partial charge on any atom is 0.272 e. The third-order valence-corrected chi connectivity index (χ3v) is 3.25. The molecular formula is C17H22N2O3. The highest BCUT2D eigenvalue weighted by molar-refractivity contribution is 5.60. The molecule has 1 heterocycles. The lowest BCUT2D eigenvalue weighted by atomic mass is 10.1. The summed E-state index contributed by atoms with van der Waals surface area (Å²) in [5.41, 5.74) is 1.66. The Morgan fingerprint density at radius 2 is 1.95 bits per heavy atom. The third-order valence-electron chi connectivity index (χ3n) is 3.25. The zero-order valence-corrected chi connectivity index (χ0v) is 13.2. The van der Waals surface area contributed by atoms with Crippen LogP contribution in [0.25, 0.3) is 11.3 Å². The second-order valence-corrected chi connectivity index (χ2v) is 5.56. The molecule has 0 unspecified atom stereocenters. The molecule has 1 N–H and O–H groups in total. The largest absolute Gasteiger partial charge is 0.493 e. The predicted molar refractivity (Wildman–Crippen MR) is 85.9 cm³/mol. The molecule has 118 valence electrons. The lowest BCUT2D eigenvalue weighted by Gasteiger charge is -2.10. The smallest absolute Gasteiger partial charge is 0.272 e. The molecule has 2 aromatic rings. The van der Waals surface area contributed by atoms with E-state index >= 15 is 0 Å². The molecule has 0 radical (unpaired) electrons. The fourth-order valence-corrected chi connectivity index (χ4v) is 2.05. The molecular weight excluding hydrogens is 280 g/mol. The van der Waals surface area contributed by atoms with Crippen LogP contribution in [0.2, 0.25) is 0 Å². The van der Waals surface area contributed by atoms with Crippen LogP contribution in [0.5, 0.6) is 5.75 Å². The van der Waals surface area contributed by atoms with Crippen molar-refractivity contribution in [3.63, 3.8) is 0 Å². The highest BCUT2D eigenvalue weighted by Crippen LogP contribution is 2.21. The summed E-state index contributed by atoms with van der Waals surface area (Å²) in [5, 5.41) is 13.6. The fourth-order valence-electron chi connectivity index (χ4n) is 2.05. The molecule has 5 heteroatoms. The van der Waals surface area contributed by atoms with E-state index in [1.54, 1.807) is 6.07 Å². The molecule has 0 fully saturated rings. The van der Waals surface area contributed by atoms with Crippen LogP contribution in [0.1, 0.15) is 26.3 Å². The Labute approximate surface area is 130 Å². The number of aliphatic hydroxyl groups excluding tert-OH is 1. The number of aryl methyl sites for hydroxylation is 1. The van der Waals surface area contributed by atoms with Crippen LogP contribution in [-0.2, 0) is 13.2 Å². The average Bonchev–Trinajstić information content (AvgIpc) is 2.53. The molecule has 0 saturated carbocycles. The first-order chi connectivity index (χ1) is 10.5. The van der Waals surface area contributed by atoms with Gasteiger partial charge in [0.15, 0.2) is 0 Å². The maximum absolute atomic E-state index is 11.9. The quantitative estimate of drug-likeness (QED) is 0.890. The van der Waals surface area contributed by atoms with Gasteiger partial charge >= 0.3 is 0 Å². The third kappa shape index (κ3) is 3.74. The van der Waals surface area contributed by atoms with Crippen LogP contribution in [0.4, 0.5) is 0 Å². The first-order valence-electron chi connectivity index (χ1n) is 7.50. The van der Waals surface area contributed by atoms with Gasteiger partial charge in [0.25, 0.3) is 5.56 Å². The number of ether oxygens (including phenoxy) is 1. The van der Waals surface area contributed by atoms with Gasteiger partial charge in [0.1, 0.15) is 5.75 Å². The van der Waals surface area contributed by atoms with Gasteiger partial charge in [-0.05, 0) is 43.2 Å². The van der Waals surface area contributed by atoms with E-state index in [1.807, 2.05) is 31.2 Å². The highest BCUT2D eigenvalue weighted by Gasteiger charge is 2.09. The van der Waals surface area contributed by atoms with Gasteiger partial charge in [0.2, 0.25) is 0 Å². The molecule has 0 amide bonds. The molecule has 0 aliphatic carbocycles. The lowest BCUT2D eigenvalue weighted by molar-refractivity contribution is 0.271. The van der Waals surface area contributed by atoms with Crippen LogP contribution < -0.4 is 10.3 Å². The molecule has 0 aliphatic heterocycles. The first-order valence-corrected chi connectivity index (χ1v) is 7.50. The monoisotopic (exact) mass is 302 g/mol. The molecule has 0 aliphatic rings. The molecule has 1 aromatic heterocycles. The number of nitrogens with zero attached hydrogens (tertiary/aromatic N) is 2. The zero-order valence-electron chi connectivity index (χ0n) is 13.2. The molecule has 0 saturated heterocycles. The Morgan fingerprint density at radius 1 is 1.27 bits per heavy atom. The van der Waals surface area contributed by atoms with Crippen LogP contribution in [0.3, 0.4) is 0 Å². The summed E-state index contributed by atoms with van der Waals surface area (Å²) in [6, 6.07) is 9.23. The number of rotatable bonds is 6. The first kappa shape index (κ1) is 16.2. The molecule has 0 atom stereocenters. The van der Waals surface area contributed by atoms with Gasteiger partial charge in [-0.3, -0.25) is 4.79 Å². The van der Waals surface area contributed by atoms with Crippen molar-refractivity contribution < 1.29 is 9.84 Å². The standard InChI is InChI=1S/C17H22N2O3/c1-4-19-17(21)14(10-20)9-16(18-19)13-5-7-15(8-6-13)22-11-12(2)3/h5-9,12,20H,4,10-11H2,1-3H3. The van der Waals surface area contributed by atoms with Gasteiger partial charge in [0.05, 0.1) is 18.9 Å². The Balaban J connectivity index is 2.30. The van der Waals surface area contributed by atoms with Crippen molar-refractivity contribution in [3.8, 4) is 17.0 Å². The molecule has 1 aromatic carbocycles. The van der Waals surface area contributed by atoms with Crippen molar-refractivity contribution >= 4 is 0 Å². The van der Waals surface area contributed by atoms with E-state index in [1.165, 1.54) is 4.68 Å². The van der Waals surface area contributed by atoms with E-state index in [2.05, 4.69) is 18.9 Å². The second-order valence-electron chi connectivity index (χ2n) is 5.56. The Bertz CT molecular complexity index is 647. The normalized spacial score (nSPS) is 11.0. The number of hydrogen-bond donors (Lipinski definition) is 1. The van der Waals surface area contributed by atoms with E-state index in [0.717, 1.165) is 11.3 Å². The molecule has 2 rings (SSSR count). The minimum Gasteiger partial charge on any atom is -0.493 e. The number of aliphatic hydroxyl groups is 1. The van der Waals surface area contributed by atoms with Gasteiger partial charge in [-0.2, -0.15) is 5.10 Å². The minimum absolute atomic E-state index is 0.245. The van der Waals surface area contributed by atoms with E-state index < -0.39 is 0 Å². The topological polar surface area (TPSA) is 64.3 Å². The maximum atomic E-state index is 11.9. The van der Waals surface area contributed by atoms with Crippen LogP contribution in [0.15, 0.2) is 35.1 Å². The summed E-state index contributed by atoms with van der Waals surface area (Å²) in [5.74, 6) is 1.28. The zero-order chi connectivity index (χ0) is 16.1. The highest BCUT2D eigenvalue weighted by atomic mass is 16.5. The molecule has 22 heavy (non-hydrogen) atoms. The van der Waals surface area contributed by atoms with Gasteiger partial charge < -0.3 is 9.84 Å². The van der Waals surface area contributed by atoms with Gasteiger partial charge in [-0.25, -0.2) is 4.68 Å². The van der Waals surface area contributed by atoms with Crippen molar-refractivity contribution in [2.75, 3.05) is 6.61 Å². The predicted octanol–water partition coefficient (Wildman–Crippen LogP) is 2.46. The van der Waals surface area contributed by atoms with Crippen molar-refractivity contribution in [3.05, 3.63) is 46.2 Å². The van der Waals surface area contributed by atoms with Crippen molar-refractivity contribution in [1.82, 2.24) is 9.78 Å². The Hall–Kier alpha value is -2.14. The molecule has 0 spiro atoms. The van der Waals surface area contributed by atoms with Crippen molar-refractivity contribution in [2.45, 2.75) is 33.9 Å². The van der Waals surface area contributed by atoms with Crippen molar-refractivity contribution in [2.24, 2.45) is 5.92 Å². The second kappa shape index (κ2) is 7.22. The SMILES string of the molecule is CCn1nc(-c2ccc(OCC(C)C)cc2)cc(CO)c1=O. The van der Waals surface area contributed by atoms with Crippen LogP contribution in [-0.4, -0.2) is 21.5 Å². The van der Waals surface area contributed by atoms with Gasteiger partial charge in [-0.15, -0.1) is 0 Å².